The fourth-order valence-corrected chi connectivity index (χ4v) is 2.04. The van der Waals surface area contributed by atoms with Crippen molar-refractivity contribution in [3.8, 4) is 5.75 Å². The first-order valence-corrected chi connectivity index (χ1v) is 5.68. The van der Waals surface area contributed by atoms with Crippen molar-refractivity contribution in [1.82, 2.24) is 4.90 Å². The molecule has 2 N–H and O–H groups in total. The first-order valence-electron chi connectivity index (χ1n) is 5.68. The minimum Gasteiger partial charge on any atom is -0.488 e. The molecule has 0 unspecified atom stereocenters. The van der Waals surface area contributed by atoms with Crippen molar-refractivity contribution in [3.63, 3.8) is 0 Å². The molecule has 0 aromatic heterocycles. The van der Waals surface area contributed by atoms with Gasteiger partial charge >= 0.3 is 6.18 Å². The molecule has 1 heterocycles. The highest BCUT2D eigenvalue weighted by Gasteiger charge is 2.35. The zero-order valence-corrected chi connectivity index (χ0v) is 10.00. The molecular weight excluding hydrogens is 245 g/mol. The molecule has 100 valence electrons. The van der Waals surface area contributed by atoms with Gasteiger partial charge in [-0.3, -0.25) is 0 Å². The average molecular weight is 260 g/mol. The lowest BCUT2D eigenvalue weighted by molar-refractivity contribution is -0.139. The van der Waals surface area contributed by atoms with E-state index in [0.29, 0.717) is 6.54 Å². The van der Waals surface area contributed by atoms with E-state index in [0.717, 1.165) is 19.0 Å². The molecule has 0 radical (unpaired) electrons. The molecule has 0 bridgehead atoms. The smallest absolute Gasteiger partial charge is 0.419 e. The normalized spacial score (nSPS) is 21.2. The number of likely N-dealkylation sites (N-methyl/N-ethyl adjacent to an activating group) is 1. The van der Waals surface area contributed by atoms with E-state index in [-0.39, 0.29) is 17.5 Å². The number of nitrogens with zero attached hydrogens (tertiary/aromatic N) is 1. The number of halogens is 3. The predicted molar refractivity (Wildman–Crippen MR) is 62.4 cm³/mol. The van der Waals surface area contributed by atoms with E-state index in [4.69, 9.17) is 10.5 Å². The summed E-state index contributed by atoms with van der Waals surface area (Å²) in [6.07, 6.45) is -3.91. The second-order valence-electron chi connectivity index (χ2n) is 4.54. The van der Waals surface area contributed by atoms with Crippen molar-refractivity contribution < 1.29 is 17.9 Å². The van der Waals surface area contributed by atoms with Crippen LogP contribution < -0.4 is 10.5 Å². The summed E-state index contributed by atoms with van der Waals surface area (Å²) in [5.74, 6) is -0.178. The highest BCUT2D eigenvalue weighted by atomic mass is 19.4. The molecule has 1 aliphatic heterocycles. The highest BCUT2D eigenvalue weighted by Crippen LogP contribution is 2.38. The Hall–Kier alpha value is -1.43. The van der Waals surface area contributed by atoms with Crippen LogP contribution in [0.2, 0.25) is 0 Å². The summed E-state index contributed by atoms with van der Waals surface area (Å²) in [6.45, 7) is 1.46. The third kappa shape index (κ3) is 2.87. The van der Waals surface area contributed by atoms with Crippen LogP contribution in [-0.4, -0.2) is 31.1 Å². The van der Waals surface area contributed by atoms with Gasteiger partial charge in [0.05, 0.1) is 5.56 Å². The van der Waals surface area contributed by atoms with Crippen LogP contribution in [0.1, 0.15) is 12.0 Å². The summed E-state index contributed by atoms with van der Waals surface area (Å²) in [5, 5.41) is 0. The third-order valence-corrected chi connectivity index (χ3v) is 2.95. The van der Waals surface area contributed by atoms with Gasteiger partial charge in [0.25, 0.3) is 0 Å². The number of hydrogen-bond acceptors (Lipinski definition) is 3. The van der Waals surface area contributed by atoms with Crippen LogP contribution in [0, 0.1) is 0 Å². The molecule has 1 atom stereocenters. The standard InChI is InChI=1S/C12H15F3N2O/c1-17-5-4-9(7-17)18-11-6-8(16)2-3-10(11)12(13,14)15/h2-3,6,9H,4-5,7,16H2,1H3/t9-/m1/s1. The molecule has 18 heavy (non-hydrogen) atoms. The largest absolute Gasteiger partial charge is 0.488 e. The number of likely N-dealkylation sites (tertiary alicyclic amines) is 1. The van der Waals surface area contributed by atoms with Gasteiger partial charge < -0.3 is 15.4 Å². The quantitative estimate of drug-likeness (QED) is 0.830. The maximum Gasteiger partial charge on any atom is 0.419 e. The van der Waals surface area contributed by atoms with E-state index in [2.05, 4.69) is 0 Å². The minimum atomic E-state index is -4.42. The molecule has 2 rings (SSSR count). The Kier molecular flexibility index (Phi) is 3.38. The molecule has 1 aromatic carbocycles. The number of nitrogen functional groups attached to an aromatic ring is 1. The monoisotopic (exact) mass is 260 g/mol. The van der Waals surface area contributed by atoms with Crippen LogP contribution in [0.4, 0.5) is 18.9 Å². The highest BCUT2D eigenvalue weighted by molar-refractivity contribution is 5.49. The van der Waals surface area contributed by atoms with E-state index in [1.54, 1.807) is 0 Å². The van der Waals surface area contributed by atoms with Gasteiger partial charge in [0.15, 0.2) is 0 Å². The Morgan fingerprint density at radius 1 is 1.39 bits per heavy atom. The molecule has 6 heteroatoms. The Bertz CT molecular complexity index is 434. The summed E-state index contributed by atoms with van der Waals surface area (Å²) in [7, 11) is 1.91. The molecule has 3 nitrogen and oxygen atoms in total. The van der Waals surface area contributed by atoms with Crippen molar-refractivity contribution in [2.75, 3.05) is 25.9 Å². The molecule has 1 fully saturated rings. The number of rotatable bonds is 2. The maximum absolute atomic E-state index is 12.8. The van der Waals surface area contributed by atoms with E-state index in [1.807, 2.05) is 11.9 Å². The summed E-state index contributed by atoms with van der Waals surface area (Å²) in [6, 6.07) is 3.43. The lowest BCUT2D eigenvalue weighted by atomic mass is 10.1. The van der Waals surface area contributed by atoms with Crippen molar-refractivity contribution in [2.45, 2.75) is 18.7 Å². The second kappa shape index (κ2) is 4.68. The first kappa shape index (κ1) is 13.0. The van der Waals surface area contributed by atoms with Gasteiger partial charge in [-0.15, -0.1) is 0 Å². The van der Waals surface area contributed by atoms with Crippen LogP contribution in [0.25, 0.3) is 0 Å². The molecule has 1 aromatic rings. The summed E-state index contributed by atoms with van der Waals surface area (Å²) in [4.78, 5) is 2.02. The van der Waals surface area contributed by atoms with Gasteiger partial charge in [-0.25, -0.2) is 0 Å². The van der Waals surface area contributed by atoms with Crippen LogP contribution in [-0.2, 0) is 6.18 Å². The second-order valence-corrected chi connectivity index (χ2v) is 4.54. The topological polar surface area (TPSA) is 38.5 Å². The number of benzene rings is 1. The van der Waals surface area contributed by atoms with Crippen LogP contribution in [0.15, 0.2) is 18.2 Å². The van der Waals surface area contributed by atoms with E-state index < -0.39 is 11.7 Å². The third-order valence-electron chi connectivity index (χ3n) is 2.95. The zero-order chi connectivity index (χ0) is 13.3. The van der Waals surface area contributed by atoms with Gasteiger partial charge in [-0.2, -0.15) is 13.2 Å². The lowest BCUT2D eigenvalue weighted by Crippen LogP contribution is -2.22. The summed E-state index contributed by atoms with van der Waals surface area (Å²) < 4.78 is 43.8. The van der Waals surface area contributed by atoms with Crippen LogP contribution in [0.3, 0.4) is 0 Å². The Morgan fingerprint density at radius 3 is 2.67 bits per heavy atom. The predicted octanol–water partition coefficient (Wildman–Crippen LogP) is 2.37. The SMILES string of the molecule is CN1CC[C@@H](Oc2cc(N)ccc2C(F)(F)F)C1. The summed E-state index contributed by atoms with van der Waals surface area (Å²) >= 11 is 0. The zero-order valence-electron chi connectivity index (χ0n) is 10.00. The number of hydrogen-bond donors (Lipinski definition) is 1. The number of nitrogens with two attached hydrogens (primary N) is 1. The van der Waals surface area contributed by atoms with Crippen molar-refractivity contribution >= 4 is 5.69 Å². The van der Waals surface area contributed by atoms with Gasteiger partial charge in [0, 0.05) is 24.8 Å². The fraction of sp³-hybridized carbons (Fsp3) is 0.500. The van der Waals surface area contributed by atoms with Gasteiger partial charge in [-0.05, 0) is 25.6 Å². The molecule has 1 saturated heterocycles. The minimum absolute atomic E-state index is 0.178. The molecule has 1 aliphatic rings. The van der Waals surface area contributed by atoms with E-state index >= 15 is 0 Å². The number of anilines is 1. The van der Waals surface area contributed by atoms with Gasteiger partial charge in [-0.1, -0.05) is 0 Å². The summed E-state index contributed by atoms with van der Waals surface area (Å²) in [5.41, 5.74) is 5.01. The van der Waals surface area contributed by atoms with Crippen LogP contribution >= 0.6 is 0 Å². The molecule has 0 amide bonds. The Labute approximate surface area is 103 Å². The Morgan fingerprint density at radius 2 is 2.11 bits per heavy atom. The molecule has 0 spiro atoms. The number of alkyl halides is 3. The molecule has 0 aliphatic carbocycles. The van der Waals surface area contributed by atoms with E-state index in [9.17, 15) is 13.2 Å². The Balaban J connectivity index is 2.23. The first-order chi connectivity index (χ1) is 8.36. The van der Waals surface area contributed by atoms with E-state index in [1.165, 1.54) is 12.1 Å². The molecule has 0 saturated carbocycles. The van der Waals surface area contributed by atoms with Crippen LogP contribution in [0.5, 0.6) is 5.75 Å². The van der Waals surface area contributed by atoms with Gasteiger partial charge in [0.2, 0.25) is 0 Å². The maximum atomic E-state index is 12.8. The fourth-order valence-electron chi connectivity index (χ4n) is 2.04. The van der Waals surface area contributed by atoms with Crippen molar-refractivity contribution in [1.29, 1.82) is 0 Å². The average Bonchev–Trinajstić information content (AvgIpc) is 2.62. The van der Waals surface area contributed by atoms with Gasteiger partial charge in [0.1, 0.15) is 11.9 Å². The lowest BCUT2D eigenvalue weighted by Gasteiger charge is -2.18. The molecular formula is C12H15F3N2O. The number of ether oxygens (including phenoxy) is 1. The van der Waals surface area contributed by atoms with Crippen molar-refractivity contribution in [2.24, 2.45) is 0 Å². The van der Waals surface area contributed by atoms with Crippen molar-refractivity contribution in [3.05, 3.63) is 23.8 Å².